The van der Waals surface area contributed by atoms with E-state index in [0.717, 1.165) is 18.8 Å². The molecule has 88 valence electrons. The Kier molecular flexibility index (Phi) is 2.61. The van der Waals surface area contributed by atoms with E-state index in [1.807, 2.05) is 12.1 Å². The monoisotopic (exact) mass is 228 g/mol. The number of rotatable bonds is 2. The fraction of sp³-hybridized carbons (Fsp3) is 0.286. The van der Waals surface area contributed by atoms with Crippen molar-refractivity contribution in [2.24, 2.45) is 0 Å². The predicted molar refractivity (Wildman–Crippen MR) is 67.3 cm³/mol. The van der Waals surface area contributed by atoms with Crippen molar-refractivity contribution in [2.75, 3.05) is 13.7 Å². The third-order valence-electron chi connectivity index (χ3n) is 3.29. The lowest BCUT2D eigenvalue weighted by atomic mass is 10.0. The van der Waals surface area contributed by atoms with Gasteiger partial charge in [-0.05, 0) is 29.8 Å². The van der Waals surface area contributed by atoms with Crippen LogP contribution in [0.15, 0.2) is 42.6 Å². The zero-order valence-corrected chi connectivity index (χ0v) is 9.89. The topological polar surface area (TPSA) is 26.2 Å². The average Bonchev–Trinajstić information content (AvgIpc) is 2.87. The van der Waals surface area contributed by atoms with E-state index < -0.39 is 0 Å². The Morgan fingerprint density at radius 1 is 1.29 bits per heavy atom. The van der Waals surface area contributed by atoms with Gasteiger partial charge in [0.1, 0.15) is 5.75 Å². The molecule has 1 aliphatic rings. The van der Waals surface area contributed by atoms with Crippen LogP contribution >= 0.6 is 0 Å². The zero-order valence-electron chi connectivity index (χ0n) is 9.89. The molecule has 0 amide bonds. The number of nitrogens with one attached hydrogen (secondary N) is 1. The van der Waals surface area contributed by atoms with Crippen LogP contribution in [0.5, 0.6) is 5.75 Å². The number of aromatic nitrogens is 1. The Bertz CT molecular complexity index is 518. The van der Waals surface area contributed by atoms with Gasteiger partial charge in [0.15, 0.2) is 0 Å². The van der Waals surface area contributed by atoms with Gasteiger partial charge in [0.05, 0.1) is 13.2 Å². The quantitative estimate of drug-likeness (QED) is 0.852. The molecule has 2 aromatic rings. The molecule has 1 unspecified atom stereocenters. The minimum Gasteiger partial charge on any atom is -0.497 e. The van der Waals surface area contributed by atoms with Gasteiger partial charge in [0.2, 0.25) is 0 Å². The van der Waals surface area contributed by atoms with Gasteiger partial charge in [-0.15, -0.1) is 0 Å². The summed E-state index contributed by atoms with van der Waals surface area (Å²) in [5, 5.41) is 3.55. The van der Waals surface area contributed by atoms with E-state index in [0.29, 0.717) is 0 Å². The molecule has 0 saturated heterocycles. The maximum absolute atomic E-state index is 5.28. The van der Waals surface area contributed by atoms with E-state index >= 15 is 0 Å². The summed E-state index contributed by atoms with van der Waals surface area (Å²) in [6.45, 7) is 2.05. The van der Waals surface area contributed by atoms with Crippen LogP contribution in [0, 0.1) is 0 Å². The van der Waals surface area contributed by atoms with Gasteiger partial charge in [0.25, 0.3) is 0 Å². The Balaban J connectivity index is 2.00. The minimum atomic E-state index is 0.272. The van der Waals surface area contributed by atoms with E-state index in [9.17, 15) is 0 Å². The van der Waals surface area contributed by atoms with E-state index in [4.69, 9.17) is 4.74 Å². The summed E-state index contributed by atoms with van der Waals surface area (Å²) in [5.41, 5.74) is 2.58. The zero-order chi connectivity index (χ0) is 11.7. The van der Waals surface area contributed by atoms with Crippen molar-refractivity contribution in [2.45, 2.75) is 12.6 Å². The Labute approximate surface area is 101 Å². The lowest BCUT2D eigenvalue weighted by Gasteiger charge is -2.27. The van der Waals surface area contributed by atoms with Crippen LogP contribution in [0.1, 0.15) is 17.3 Å². The normalized spacial score (nSPS) is 18.8. The Morgan fingerprint density at radius 2 is 2.24 bits per heavy atom. The lowest BCUT2D eigenvalue weighted by molar-refractivity contribution is 0.412. The summed E-state index contributed by atoms with van der Waals surface area (Å²) in [6.07, 6.45) is 2.14. The van der Waals surface area contributed by atoms with Crippen molar-refractivity contribution in [1.82, 2.24) is 9.88 Å². The van der Waals surface area contributed by atoms with E-state index in [-0.39, 0.29) is 6.04 Å². The molecule has 3 heteroatoms. The summed E-state index contributed by atoms with van der Waals surface area (Å²) in [6, 6.07) is 12.8. The molecule has 1 aromatic carbocycles. The number of methoxy groups -OCH3 is 1. The number of fused-ring (bicyclic) bond motifs is 1. The van der Waals surface area contributed by atoms with Crippen LogP contribution < -0.4 is 10.1 Å². The number of hydrogen-bond donors (Lipinski definition) is 1. The number of ether oxygens (including phenoxy) is 1. The highest BCUT2D eigenvalue weighted by Gasteiger charge is 2.20. The molecular formula is C14H16N2O. The fourth-order valence-electron chi connectivity index (χ4n) is 2.44. The molecule has 0 spiro atoms. The molecule has 0 bridgehead atoms. The summed E-state index contributed by atoms with van der Waals surface area (Å²) in [4.78, 5) is 0. The second-order valence-electron chi connectivity index (χ2n) is 4.29. The van der Waals surface area contributed by atoms with Crippen LogP contribution in [0.4, 0.5) is 0 Å². The van der Waals surface area contributed by atoms with Crippen molar-refractivity contribution < 1.29 is 4.74 Å². The highest BCUT2D eigenvalue weighted by Crippen LogP contribution is 2.27. The summed E-state index contributed by atoms with van der Waals surface area (Å²) < 4.78 is 7.59. The maximum Gasteiger partial charge on any atom is 0.119 e. The summed E-state index contributed by atoms with van der Waals surface area (Å²) in [5.74, 6) is 0.910. The summed E-state index contributed by atoms with van der Waals surface area (Å²) >= 11 is 0. The lowest BCUT2D eigenvalue weighted by Crippen LogP contribution is -2.33. The molecule has 3 rings (SSSR count). The first-order valence-corrected chi connectivity index (χ1v) is 5.91. The van der Waals surface area contributed by atoms with Gasteiger partial charge >= 0.3 is 0 Å². The van der Waals surface area contributed by atoms with Crippen molar-refractivity contribution in [3.63, 3.8) is 0 Å². The SMILES string of the molecule is COc1cccc(C2NCCn3cccc32)c1. The number of nitrogens with zero attached hydrogens (tertiary/aromatic N) is 1. The van der Waals surface area contributed by atoms with E-state index in [1.165, 1.54) is 11.3 Å². The highest BCUT2D eigenvalue weighted by molar-refractivity contribution is 5.35. The first kappa shape index (κ1) is 10.4. The van der Waals surface area contributed by atoms with Gasteiger partial charge in [-0.3, -0.25) is 0 Å². The standard InChI is InChI=1S/C14H16N2O/c1-17-12-5-2-4-11(10-12)14-13-6-3-8-16(13)9-7-15-14/h2-6,8,10,14-15H,7,9H2,1H3. The second kappa shape index (κ2) is 4.26. The first-order chi connectivity index (χ1) is 8.38. The van der Waals surface area contributed by atoms with Gasteiger partial charge in [-0.25, -0.2) is 0 Å². The fourth-order valence-corrected chi connectivity index (χ4v) is 2.44. The molecule has 1 atom stereocenters. The smallest absolute Gasteiger partial charge is 0.119 e. The molecular weight excluding hydrogens is 212 g/mol. The van der Waals surface area contributed by atoms with Crippen molar-refractivity contribution >= 4 is 0 Å². The van der Waals surface area contributed by atoms with Crippen LogP contribution in [-0.2, 0) is 6.54 Å². The molecule has 0 radical (unpaired) electrons. The summed E-state index contributed by atoms with van der Waals surface area (Å²) in [7, 11) is 1.70. The third kappa shape index (κ3) is 1.83. The molecule has 1 N–H and O–H groups in total. The van der Waals surface area contributed by atoms with Crippen molar-refractivity contribution in [1.29, 1.82) is 0 Å². The maximum atomic E-state index is 5.28. The highest BCUT2D eigenvalue weighted by atomic mass is 16.5. The number of hydrogen-bond acceptors (Lipinski definition) is 2. The van der Waals surface area contributed by atoms with Crippen molar-refractivity contribution in [3.05, 3.63) is 53.9 Å². The van der Waals surface area contributed by atoms with Gasteiger partial charge in [0, 0.05) is 25.0 Å². The first-order valence-electron chi connectivity index (χ1n) is 5.91. The van der Waals surface area contributed by atoms with Crippen LogP contribution in [-0.4, -0.2) is 18.2 Å². The third-order valence-corrected chi connectivity index (χ3v) is 3.29. The molecule has 0 aliphatic carbocycles. The van der Waals surface area contributed by atoms with Gasteiger partial charge in [-0.2, -0.15) is 0 Å². The van der Waals surface area contributed by atoms with E-state index in [2.05, 4.69) is 40.3 Å². The largest absolute Gasteiger partial charge is 0.497 e. The average molecular weight is 228 g/mol. The second-order valence-corrected chi connectivity index (χ2v) is 4.29. The van der Waals surface area contributed by atoms with Crippen molar-refractivity contribution in [3.8, 4) is 5.75 Å². The predicted octanol–water partition coefficient (Wildman–Crippen LogP) is 2.19. The molecule has 0 fully saturated rings. The molecule has 0 saturated carbocycles. The van der Waals surface area contributed by atoms with Gasteiger partial charge in [-0.1, -0.05) is 12.1 Å². The van der Waals surface area contributed by atoms with E-state index in [1.54, 1.807) is 7.11 Å². The van der Waals surface area contributed by atoms with Crippen LogP contribution in [0.25, 0.3) is 0 Å². The molecule has 2 heterocycles. The minimum absolute atomic E-state index is 0.272. The molecule has 3 nitrogen and oxygen atoms in total. The number of benzene rings is 1. The van der Waals surface area contributed by atoms with Crippen LogP contribution in [0.3, 0.4) is 0 Å². The molecule has 1 aromatic heterocycles. The Morgan fingerprint density at radius 3 is 3.12 bits per heavy atom. The molecule has 17 heavy (non-hydrogen) atoms. The van der Waals surface area contributed by atoms with Gasteiger partial charge < -0.3 is 14.6 Å². The van der Waals surface area contributed by atoms with Crippen LogP contribution in [0.2, 0.25) is 0 Å². The molecule has 1 aliphatic heterocycles. The Hall–Kier alpha value is -1.74.